The van der Waals surface area contributed by atoms with Crippen molar-refractivity contribution < 1.29 is 0 Å². The predicted molar refractivity (Wildman–Crippen MR) is 54.8 cm³/mol. The Hall–Kier alpha value is -0.760. The van der Waals surface area contributed by atoms with Crippen LogP contribution in [0.1, 0.15) is 36.7 Å². The average Bonchev–Trinajstić information content (AvgIpc) is 2.60. The Morgan fingerprint density at radius 1 is 1.23 bits per heavy atom. The molecule has 2 heteroatoms. The average molecular weight is 178 g/mol. The van der Waals surface area contributed by atoms with Gasteiger partial charge in [0.05, 0.1) is 0 Å². The van der Waals surface area contributed by atoms with Crippen LogP contribution in [0.4, 0.5) is 0 Å². The standard InChI is InChI=1S/C11H18N2/c1-8-3-4-9(2)13(8)11-6-5-10(12)7-11/h3-4,10-11H,5-7,12H2,1-2H3. The van der Waals surface area contributed by atoms with Gasteiger partial charge in [-0.25, -0.2) is 0 Å². The zero-order chi connectivity index (χ0) is 9.42. The van der Waals surface area contributed by atoms with Gasteiger partial charge >= 0.3 is 0 Å². The van der Waals surface area contributed by atoms with Gasteiger partial charge in [0, 0.05) is 23.5 Å². The molecule has 1 aliphatic carbocycles. The summed E-state index contributed by atoms with van der Waals surface area (Å²) in [7, 11) is 0. The van der Waals surface area contributed by atoms with E-state index >= 15 is 0 Å². The molecule has 2 unspecified atom stereocenters. The van der Waals surface area contributed by atoms with Gasteiger partial charge in [-0.1, -0.05) is 0 Å². The smallest absolute Gasteiger partial charge is 0.0351 e. The van der Waals surface area contributed by atoms with Crippen LogP contribution < -0.4 is 5.73 Å². The molecule has 1 aromatic rings. The highest BCUT2D eigenvalue weighted by Crippen LogP contribution is 2.31. The van der Waals surface area contributed by atoms with Gasteiger partial charge in [0.1, 0.15) is 0 Å². The first-order chi connectivity index (χ1) is 6.18. The van der Waals surface area contributed by atoms with Crippen LogP contribution in [0.3, 0.4) is 0 Å². The van der Waals surface area contributed by atoms with Crippen LogP contribution in [0.2, 0.25) is 0 Å². The van der Waals surface area contributed by atoms with Gasteiger partial charge in [0.2, 0.25) is 0 Å². The zero-order valence-electron chi connectivity index (χ0n) is 8.46. The molecule has 2 rings (SSSR count). The lowest BCUT2D eigenvalue weighted by Crippen LogP contribution is -2.16. The number of aryl methyl sites for hydroxylation is 2. The molecule has 13 heavy (non-hydrogen) atoms. The van der Waals surface area contributed by atoms with Crippen molar-refractivity contribution in [2.24, 2.45) is 5.73 Å². The maximum atomic E-state index is 5.92. The Labute approximate surface area is 79.7 Å². The van der Waals surface area contributed by atoms with E-state index < -0.39 is 0 Å². The summed E-state index contributed by atoms with van der Waals surface area (Å²) in [5, 5.41) is 0. The minimum atomic E-state index is 0.422. The highest BCUT2D eigenvalue weighted by atomic mass is 15.0. The Kier molecular flexibility index (Phi) is 2.16. The van der Waals surface area contributed by atoms with Crippen molar-refractivity contribution in [3.05, 3.63) is 23.5 Å². The molecule has 0 aromatic carbocycles. The lowest BCUT2D eigenvalue weighted by molar-refractivity contribution is 0.492. The Bertz CT molecular complexity index is 282. The fraction of sp³-hybridized carbons (Fsp3) is 0.636. The second kappa shape index (κ2) is 3.18. The third-order valence-corrected chi connectivity index (χ3v) is 3.14. The monoisotopic (exact) mass is 178 g/mol. The molecule has 0 aliphatic heterocycles. The molecule has 1 fully saturated rings. The van der Waals surface area contributed by atoms with Gasteiger partial charge in [-0.05, 0) is 45.2 Å². The first-order valence-electron chi connectivity index (χ1n) is 5.08. The molecule has 0 bridgehead atoms. The van der Waals surface area contributed by atoms with Crippen LogP contribution in [0.5, 0.6) is 0 Å². The van der Waals surface area contributed by atoms with Crippen LogP contribution >= 0.6 is 0 Å². The Morgan fingerprint density at radius 2 is 1.85 bits per heavy atom. The molecule has 2 nitrogen and oxygen atoms in total. The summed E-state index contributed by atoms with van der Waals surface area (Å²) in [6, 6.07) is 5.47. The quantitative estimate of drug-likeness (QED) is 0.702. The van der Waals surface area contributed by atoms with Gasteiger partial charge in [0.25, 0.3) is 0 Å². The molecular formula is C11H18N2. The van der Waals surface area contributed by atoms with Crippen LogP contribution in [0.15, 0.2) is 12.1 Å². The van der Waals surface area contributed by atoms with Crippen LogP contribution in [0.25, 0.3) is 0 Å². The second-order valence-electron chi connectivity index (χ2n) is 4.21. The lowest BCUT2D eigenvalue weighted by Gasteiger charge is -2.17. The highest BCUT2D eigenvalue weighted by molar-refractivity contribution is 5.15. The molecule has 72 valence electrons. The summed E-state index contributed by atoms with van der Waals surface area (Å²) >= 11 is 0. The Morgan fingerprint density at radius 3 is 2.31 bits per heavy atom. The zero-order valence-corrected chi connectivity index (χ0v) is 8.46. The fourth-order valence-electron chi connectivity index (χ4n) is 2.48. The minimum Gasteiger partial charge on any atom is -0.346 e. The third kappa shape index (κ3) is 1.51. The molecule has 0 radical (unpaired) electrons. The summed E-state index contributed by atoms with van der Waals surface area (Å²) < 4.78 is 2.44. The summed E-state index contributed by atoms with van der Waals surface area (Å²) in [6.45, 7) is 4.35. The summed E-state index contributed by atoms with van der Waals surface area (Å²) in [5.74, 6) is 0. The lowest BCUT2D eigenvalue weighted by atomic mass is 10.2. The van der Waals surface area contributed by atoms with E-state index in [1.165, 1.54) is 24.2 Å². The molecule has 1 heterocycles. The molecule has 1 saturated carbocycles. The van der Waals surface area contributed by atoms with Crippen molar-refractivity contribution >= 4 is 0 Å². The minimum absolute atomic E-state index is 0.422. The predicted octanol–water partition coefficient (Wildman–Crippen LogP) is 2.16. The molecule has 0 spiro atoms. The first kappa shape index (κ1) is 8.82. The van der Waals surface area contributed by atoms with Crippen molar-refractivity contribution in [2.75, 3.05) is 0 Å². The number of hydrogen-bond acceptors (Lipinski definition) is 1. The maximum Gasteiger partial charge on any atom is 0.0351 e. The van der Waals surface area contributed by atoms with Crippen LogP contribution in [0, 0.1) is 13.8 Å². The normalized spacial score (nSPS) is 28.2. The molecule has 1 aliphatic rings. The maximum absolute atomic E-state index is 5.92. The molecule has 0 amide bonds. The van der Waals surface area contributed by atoms with Gasteiger partial charge in [-0.3, -0.25) is 0 Å². The highest BCUT2D eigenvalue weighted by Gasteiger charge is 2.24. The molecule has 2 atom stereocenters. The third-order valence-electron chi connectivity index (χ3n) is 3.14. The number of aromatic nitrogens is 1. The number of hydrogen-bond donors (Lipinski definition) is 1. The van der Waals surface area contributed by atoms with E-state index in [-0.39, 0.29) is 0 Å². The van der Waals surface area contributed by atoms with E-state index in [2.05, 4.69) is 30.5 Å². The van der Waals surface area contributed by atoms with Gasteiger partial charge in [-0.15, -0.1) is 0 Å². The van der Waals surface area contributed by atoms with Crippen molar-refractivity contribution in [1.82, 2.24) is 4.57 Å². The summed E-state index contributed by atoms with van der Waals surface area (Å²) in [4.78, 5) is 0. The number of rotatable bonds is 1. The summed E-state index contributed by atoms with van der Waals surface area (Å²) in [6.07, 6.45) is 3.58. The topological polar surface area (TPSA) is 30.9 Å². The number of nitrogens with two attached hydrogens (primary N) is 1. The van der Waals surface area contributed by atoms with Crippen LogP contribution in [-0.4, -0.2) is 10.6 Å². The van der Waals surface area contributed by atoms with Crippen molar-refractivity contribution in [2.45, 2.75) is 45.2 Å². The number of nitrogens with zero attached hydrogens (tertiary/aromatic N) is 1. The largest absolute Gasteiger partial charge is 0.346 e. The van der Waals surface area contributed by atoms with E-state index in [4.69, 9.17) is 5.73 Å². The van der Waals surface area contributed by atoms with Gasteiger partial charge < -0.3 is 10.3 Å². The van der Waals surface area contributed by atoms with E-state index in [1.807, 2.05) is 0 Å². The summed E-state index contributed by atoms with van der Waals surface area (Å²) in [5.41, 5.74) is 8.66. The van der Waals surface area contributed by atoms with E-state index in [0.29, 0.717) is 12.1 Å². The van der Waals surface area contributed by atoms with E-state index in [0.717, 1.165) is 6.42 Å². The Balaban J connectivity index is 2.25. The van der Waals surface area contributed by atoms with Crippen molar-refractivity contribution in [1.29, 1.82) is 0 Å². The second-order valence-corrected chi connectivity index (χ2v) is 4.21. The molecular weight excluding hydrogens is 160 g/mol. The first-order valence-corrected chi connectivity index (χ1v) is 5.08. The van der Waals surface area contributed by atoms with E-state index in [9.17, 15) is 0 Å². The van der Waals surface area contributed by atoms with Gasteiger partial charge in [0.15, 0.2) is 0 Å². The van der Waals surface area contributed by atoms with Gasteiger partial charge in [-0.2, -0.15) is 0 Å². The SMILES string of the molecule is Cc1ccc(C)n1C1CCC(N)C1. The fourth-order valence-corrected chi connectivity index (χ4v) is 2.48. The molecule has 2 N–H and O–H groups in total. The van der Waals surface area contributed by atoms with Crippen molar-refractivity contribution in [3.8, 4) is 0 Å². The van der Waals surface area contributed by atoms with E-state index in [1.54, 1.807) is 0 Å². The molecule has 0 saturated heterocycles. The molecule has 1 aromatic heterocycles. The van der Waals surface area contributed by atoms with Crippen molar-refractivity contribution in [3.63, 3.8) is 0 Å². The van der Waals surface area contributed by atoms with Crippen LogP contribution in [-0.2, 0) is 0 Å².